The van der Waals surface area contributed by atoms with E-state index in [1.165, 1.54) is 0 Å². The van der Waals surface area contributed by atoms with Gasteiger partial charge in [-0.25, -0.2) is 0 Å². The third-order valence-corrected chi connectivity index (χ3v) is 1.20. The van der Waals surface area contributed by atoms with Crippen LogP contribution in [0.4, 0.5) is 0 Å². The van der Waals surface area contributed by atoms with Crippen LogP contribution in [-0.2, 0) is 4.79 Å². The van der Waals surface area contributed by atoms with E-state index in [1.54, 1.807) is 0 Å². The zero-order valence-corrected chi connectivity index (χ0v) is 6.74. The maximum absolute atomic E-state index is 10.6. The average Bonchev–Trinajstić information content (AvgIpc) is 1.98. The highest BCUT2D eigenvalue weighted by Gasteiger charge is 1.86. The molecule has 0 N–H and O–H groups in total. The van der Waals surface area contributed by atoms with Crippen molar-refractivity contribution < 1.29 is 4.79 Å². The molecule has 0 aliphatic heterocycles. The Bertz CT molecular complexity index is 148. The van der Waals surface area contributed by atoms with Crippen molar-refractivity contribution in [3.63, 3.8) is 0 Å². The van der Waals surface area contributed by atoms with Gasteiger partial charge in [-0.1, -0.05) is 26.2 Å². The number of Topliss-reactive ketones (excluding diaryl/α,β-unsaturated/α-hetero) is 1. The predicted octanol–water partition coefficient (Wildman–Crippen LogP) is 2.16. The van der Waals surface area contributed by atoms with Crippen molar-refractivity contribution in [1.82, 2.24) is 0 Å². The molecule has 0 heterocycles. The number of ketones is 1. The summed E-state index contributed by atoms with van der Waals surface area (Å²) in [4.78, 5) is 10.6. The van der Waals surface area contributed by atoms with E-state index in [1.807, 2.05) is 6.92 Å². The van der Waals surface area contributed by atoms with Gasteiger partial charge < -0.3 is 0 Å². The molecule has 0 amide bonds. The SMILES string of the molecule is CCCCC#CC(=O)CC. The van der Waals surface area contributed by atoms with E-state index in [0.717, 1.165) is 19.3 Å². The van der Waals surface area contributed by atoms with Crippen molar-refractivity contribution in [2.75, 3.05) is 0 Å². The smallest absolute Gasteiger partial charge is 0.205 e. The Morgan fingerprint density at radius 1 is 1.40 bits per heavy atom. The minimum absolute atomic E-state index is 0.0519. The topological polar surface area (TPSA) is 17.1 Å². The summed E-state index contributed by atoms with van der Waals surface area (Å²) in [6, 6.07) is 0. The molecule has 0 spiro atoms. The molecule has 0 bridgehead atoms. The quantitative estimate of drug-likeness (QED) is 0.332. The van der Waals surface area contributed by atoms with Crippen LogP contribution in [0, 0.1) is 11.8 Å². The highest BCUT2D eigenvalue weighted by atomic mass is 16.1. The van der Waals surface area contributed by atoms with Crippen LogP contribution < -0.4 is 0 Å². The molecule has 0 saturated carbocycles. The first-order valence-electron chi connectivity index (χ1n) is 3.83. The molecule has 0 unspecified atom stereocenters. The molecule has 1 heteroatoms. The Hall–Kier alpha value is -0.770. The van der Waals surface area contributed by atoms with Gasteiger partial charge in [0.15, 0.2) is 0 Å². The summed E-state index contributed by atoms with van der Waals surface area (Å²) in [5.41, 5.74) is 0. The van der Waals surface area contributed by atoms with Gasteiger partial charge >= 0.3 is 0 Å². The van der Waals surface area contributed by atoms with Crippen LogP contribution in [0.5, 0.6) is 0 Å². The van der Waals surface area contributed by atoms with Gasteiger partial charge in [0.1, 0.15) is 0 Å². The van der Waals surface area contributed by atoms with Gasteiger partial charge in [-0.3, -0.25) is 4.79 Å². The van der Waals surface area contributed by atoms with E-state index >= 15 is 0 Å². The van der Waals surface area contributed by atoms with E-state index in [0.29, 0.717) is 6.42 Å². The van der Waals surface area contributed by atoms with Gasteiger partial charge in [0, 0.05) is 12.8 Å². The normalized spacial score (nSPS) is 8.20. The summed E-state index contributed by atoms with van der Waals surface area (Å²) in [7, 11) is 0. The molecule has 0 rings (SSSR count). The molecule has 56 valence electrons. The molecule has 0 aromatic rings. The first kappa shape index (κ1) is 9.23. The second-order valence-electron chi connectivity index (χ2n) is 2.18. The molecule has 0 radical (unpaired) electrons. The van der Waals surface area contributed by atoms with Crippen molar-refractivity contribution in [3.8, 4) is 11.8 Å². The van der Waals surface area contributed by atoms with Crippen LogP contribution in [0.3, 0.4) is 0 Å². The molecule has 0 atom stereocenters. The average molecular weight is 138 g/mol. The monoisotopic (exact) mass is 138 g/mol. The van der Waals surface area contributed by atoms with Gasteiger partial charge in [0.25, 0.3) is 0 Å². The Kier molecular flexibility index (Phi) is 5.86. The molecule has 10 heavy (non-hydrogen) atoms. The van der Waals surface area contributed by atoms with E-state index in [4.69, 9.17) is 0 Å². The van der Waals surface area contributed by atoms with Gasteiger partial charge in [-0.05, 0) is 12.3 Å². The number of rotatable bonds is 3. The maximum Gasteiger partial charge on any atom is 0.205 e. The van der Waals surface area contributed by atoms with Crippen LogP contribution in [0.15, 0.2) is 0 Å². The maximum atomic E-state index is 10.6. The molecule has 0 aromatic heterocycles. The van der Waals surface area contributed by atoms with Crippen LogP contribution >= 0.6 is 0 Å². The van der Waals surface area contributed by atoms with Crippen molar-refractivity contribution in [3.05, 3.63) is 0 Å². The zero-order chi connectivity index (χ0) is 7.82. The number of hydrogen-bond acceptors (Lipinski definition) is 1. The molecule has 0 aromatic carbocycles. The third kappa shape index (κ3) is 5.37. The summed E-state index contributed by atoms with van der Waals surface area (Å²) >= 11 is 0. The number of hydrogen-bond donors (Lipinski definition) is 0. The van der Waals surface area contributed by atoms with Gasteiger partial charge in [0.2, 0.25) is 5.78 Å². The Morgan fingerprint density at radius 3 is 2.60 bits per heavy atom. The Labute approximate surface area is 62.8 Å². The van der Waals surface area contributed by atoms with Crippen molar-refractivity contribution >= 4 is 5.78 Å². The van der Waals surface area contributed by atoms with Crippen LogP contribution in [-0.4, -0.2) is 5.78 Å². The highest BCUT2D eigenvalue weighted by molar-refractivity contribution is 5.95. The summed E-state index contributed by atoms with van der Waals surface area (Å²) in [6.07, 6.45) is 3.65. The summed E-state index contributed by atoms with van der Waals surface area (Å²) < 4.78 is 0. The van der Waals surface area contributed by atoms with E-state index in [-0.39, 0.29) is 5.78 Å². The largest absolute Gasteiger partial charge is 0.285 e. The summed E-state index contributed by atoms with van der Waals surface area (Å²) in [5, 5.41) is 0. The minimum atomic E-state index is 0.0519. The number of unbranched alkanes of at least 4 members (excludes halogenated alkanes) is 2. The lowest BCUT2D eigenvalue weighted by atomic mass is 10.2. The molecular weight excluding hydrogens is 124 g/mol. The van der Waals surface area contributed by atoms with Crippen molar-refractivity contribution in [1.29, 1.82) is 0 Å². The van der Waals surface area contributed by atoms with Crippen LogP contribution in [0.2, 0.25) is 0 Å². The molecule has 1 nitrogen and oxygen atoms in total. The molecule has 0 fully saturated rings. The van der Waals surface area contributed by atoms with E-state index in [9.17, 15) is 4.79 Å². The van der Waals surface area contributed by atoms with Gasteiger partial charge in [0.05, 0.1) is 0 Å². The highest BCUT2D eigenvalue weighted by Crippen LogP contribution is 1.90. The standard InChI is InChI=1S/C9H14O/c1-3-5-6-7-8-9(10)4-2/h3-6H2,1-2H3. The van der Waals surface area contributed by atoms with E-state index in [2.05, 4.69) is 18.8 Å². The number of carbonyl (C=O) groups is 1. The Balaban J connectivity index is 3.39. The lowest BCUT2D eigenvalue weighted by molar-refractivity contribution is -0.113. The third-order valence-electron chi connectivity index (χ3n) is 1.20. The fourth-order valence-corrected chi connectivity index (χ4v) is 0.515. The first-order valence-corrected chi connectivity index (χ1v) is 3.83. The lowest BCUT2D eigenvalue weighted by Gasteiger charge is -1.83. The summed E-state index contributed by atoms with van der Waals surface area (Å²) in [5.74, 6) is 5.47. The first-order chi connectivity index (χ1) is 4.81. The second kappa shape index (κ2) is 6.35. The zero-order valence-electron chi connectivity index (χ0n) is 6.74. The second-order valence-corrected chi connectivity index (χ2v) is 2.18. The predicted molar refractivity (Wildman–Crippen MR) is 42.6 cm³/mol. The van der Waals surface area contributed by atoms with Gasteiger partial charge in [-0.2, -0.15) is 0 Å². The molecular formula is C9H14O. The molecule has 0 aliphatic carbocycles. The minimum Gasteiger partial charge on any atom is -0.285 e. The van der Waals surface area contributed by atoms with Crippen LogP contribution in [0.25, 0.3) is 0 Å². The summed E-state index contributed by atoms with van der Waals surface area (Å²) in [6.45, 7) is 3.94. The molecule has 0 saturated heterocycles. The van der Waals surface area contributed by atoms with Crippen molar-refractivity contribution in [2.24, 2.45) is 0 Å². The Morgan fingerprint density at radius 2 is 2.10 bits per heavy atom. The fourth-order valence-electron chi connectivity index (χ4n) is 0.515. The van der Waals surface area contributed by atoms with Crippen molar-refractivity contribution in [2.45, 2.75) is 39.5 Å². The van der Waals surface area contributed by atoms with Crippen LogP contribution in [0.1, 0.15) is 39.5 Å². The lowest BCUT2D eigenvalue weighted by Crippen LogP contribution is -1.87. The van der Waals surface area contributed by atoms with Gasteiger partial charge in [-0.15, -0.1) is 0 Å². The molecule has 0 aliphatic rings. The fraction of sp³-hybridized carbons (Fsp3) is 0.667. The van der Waals surface area contributed by atoms with E-state index < -0.39 is 0 Å². The number of carbonyl (C=O) groups excluding carboxylic acids is 1.